The van der Waals surface area contributed by atoms with Crippen LogP contribution in [0.4, 0.5) is 10.2 Å². The predicted molar refractivity (Wildman–Crippen MR) is 114 cm³/mol. The first-order valence-corrected chi connectivity index (χ1v) is 10.0. The van der Waals surface area contributed by atoms with Crippen molar-refractivity contribution in [1.82, 2.24) is 4.98 Å². The lowest BCUT2D eigenvalue weighted by Gasteiger charge is -2.24. The third kappa shape index (κ3) is 2.85. The van der Waals surface area contributed by atoms with Gasteiger partial charge in [-0.3, -0.25) is 14.5 Å². The number of benzene rings is 2. The highest BCUT2D eigenvalue weighted by atomic mass is 79.9. The van der Waals surface area contributed by atoms with Crippen molar-refractivity contribution in [3.63, 3.8) is 0 Å². The van der Waals surface area contributed by atoms with Crippen molar-refractivity contribution in [3.05, 3.63) is 104 Å². The maximum absolute atomic E-state index is 13.6. The number of fused-ring (bicyclic) bond motifs is 2. The number of aryl methyl sites for hydroxylation is 1. The Balaban J connectivity index is 1.83. The zero-order chi connectivity index (χ0) is 21.0. The molecule has 0 saturated carbocycles. The number of aromatic nitrogens is 1. The van der Waals surface area contributed by atoms with E-state index in [1.165, 1.54) is 17.0 Å². The lowest BCUT2D eigenvalue weighted by molar-refractivity contribution is 0.0970. The topological polar surface area (TPSA) is 63.4 Å². The zero-order valence-corrected chi connectivity index (χ0v) is 17.3. The average molecular weight is 465 g/mol. The number of carbonyl (C=O) groups excluding carboxylic acids is 1. The first-order chi connectivity index (χ1) is 14.4. The van der Waals surface area contributed by atoms with Gasteiger partial charge in [0.2, 0.25) is 5.76 Å². The molecule has 5 rings (SSSR count). The molecule has 0 aliphatic carbocycles. The van der Waals surface area contributed by atoms with E-state index in [0.29, 0.717) is 22.4 Å². The van der Waals surface area contributed by atoms with Gasteiger partial charge in [0.05, 0.1) is 17.0 Å². The third-order valence-electron chi connectivity index (χ3n) is 5.14. The van der Waals surface area contributed by atoms with Crippen LogP contribution in [0, 0.1) is 12.7 Å². The molecule has 1 aliphatic heterocycles. The SMILES string of the molecule is Cc1cccc(N2C(=O)c3oc4ccc(Br)cc4c(=O)c3[C@H]2c2ccc(F)cc2)n1. The minimum Gasteiger partial charge on any atom is -0.450 e. The van der Waals surface area contributed by atoms with Crippen molar-refractivity contribution in [1.29, 1.82) is 0 Å². The fourth-order valence-corrected chi connectivity index (χ4v) is 4.17. The maximum Gasteiger partial charge on any atom is 0.296 e. The Morgan fingerprint density at radius 2 is 1.83 bits per heavy atom. The summed E-state index contributed by atoms with van der Waals surface area (Å²) in [6, 6.07) is 15.3. The summed E-state index contributed by atoms with van der Waals surface area (Å²) < 4.78 is 20.2. The Hall–Kier alpha value is -3.32. The van der Waals surface area contributed by atoms with Gasteiger partial charge in [-0.15, -0.1) is 0 Å². The highest BCUT2D eigenvalue weighted by Gasteiger charge is 2.44. The molecule has 0 radical (unpaired) electrons. The number of pyridine rings is 1. The molecule has 2 aromatic carbocycles. The molecule has 0 fully saturated rings. The van der Waals surface area contributed by atoms with E-state index < -0.39 is 17.8 Å². The number of halogens is 2. The molecule has 1 atom stereocenters. The molecular formula is C23H14BrFN2O3. The molecular weight excluding hydrogens is 451 g/mol. The van der Waals surface area contributed by atoms with Gasteiger partial charge in [-0.25, -0.2) is 9.37 Å². The fraction of sp³-hybridized carbons (Fsp3) is 0.0870. The first kappa shape index (κ1) is 18.7. The number of nitrogens with zero attached hydrogens (tertiary/aromatic N) is 2. The second-order valence-corrected chi connectivity index (χ2v) is 8.00. The third-order valence-corrected chi connectivity index (χ3v) is 5.63. The fourth-order valence-electron chi connectivity index (χ4n) is 3.80. The van der Waals surface area contributed by atoms with Gasteiger partial charge in [-0.2, -0.15) is 0 Å². The van der Waals surface area contributed by atoms with Gasteiger partial charge in [0, 0.05) is 10.2 Å². The Labute approximate surface area is 178 Å². The van der Waals surface area contributed by atoms with Crippen molar-refractivity contribution in [2.24, 2.45) is 0 Å². The Bertz CT molecular complexity index is 1380. The zero-order valence-electron chi connectivity index (χ0n) is 15.7. The Kier molecular flexibility index (Phi) is 4.29. The van der Waals surface area contributed by atoms with E-state index in [-0.39, 0.29) is 16.8 Å². The second-order valence-electron chi connectivity index (χ2n) is 7.08. The van der Waals surface area contributed by atoms with Crippen LogP contribution in [0.25, 0.3) is 11.0 Å². The molecule has 0 spiro atoms. The first-order valence-electron chi connectivity index (χ1n) is 9.23. The molecule has 2 aromatic heterocycles. The van der Waals surface area contributed by atoms with Crippen molar-refractivity contribution in [2.45, 2.75) is 13.0 Å². The average Bonchev–Trinajstić information content (AvgIpc) is 3.02. The standard InChI is InChI=1S/C23H14BrFN2O3/c1-12-3-2-4-18(26-12)27-20(13-5-8-15(25)9-6-13)19-21(28)16-11-14(24)7-10-17(16)30-22(19)23(27)29/h2-11,20H,1H3/t20-/m1/s1. The maximum atomic E-state index is 13.6. The highest BCUT2D eigenvalue weighted by molar-refractivity contribution is 9.10. The summed E-state index contributed by atoms with van der Waals surface area (Å²) in [5.74, 6) is -0.491. The van der Waals surface area contributed by atoms with E-state index in [2.05, 4.69) is 20.9 Å². The van der Waals surface area contributed by atoms with Crippen LogP contribution in [0.3, 0.4) is 0 Å². The molecule has 7 heteroatoms. The van der Waals surface area contributed by atoms with E-state index >= 15 is 0 Å². The van der Waals surface area contributed by atoms with Crippen LogP contribution in [0.5, 0.6) is 0 Å². The number of amides is 1. The summed E-state index contributed by atoms with van der Waals surface area (Å²) in [6.07, 6.45) is 0. The van der Waals surface area contributed by atoms with Gasteiger partial charge >= 0.3 is 0 Å². The minimum absolute atomic E-state index is 0.0209. The van der Waals surface area contributed by atoms with Crippen LogP contribution >= 0.6 is 15.9 Å². The smallest absolute Gasteiger partial charge is 0.296 e. The van der Waals surface area contributed by atoms with Crippen LogP contribution in [0.2, 0.25) is 0 Å². The molecule has 0 unspecified atom stereocenters. The van der Waals surface area contributed by atoms with E-state index in [0.717, 1.165) is 10.2 Å². The molecule has 0 bridgehead atoms. The molecule has 5 nitrogen and oxygen atoms in total. The summed E-state index contributed by atoms with van der Waals surface area (Å²) in [7, 11) is 0. The number of carbonyl (C=O) groups is 1. The Morgan fingerprint density at radius 1 is 1.07 bits per heavy atom. The van der Waals surface area contributed by atoms with E-state index in [1.807, 2.05) is 13.0 Å². The van der Waals surface area contributed by atoms with Gasteiger partial charge in [-0.05, 0) is 55.0 Å². The van der Waals surface area contributed by atoms with Gasteiger partial charge in [-0.1, -0.05) is 34.1 Å². The molecule has 1 amide bonds. The van der Waals surface area contributed by atoms with Crippen LogP contribution < -0.4 is 10.3 Å². The van der Waals surface area contributed by atoms with E-state index in [9.17, 15) is 14.0 Å². The van der Waals surface area contributed by atoms with Crippen LogP contribution in [-0.4, -0.2) is 10.9 Å². The quantitative estimate of drug-likeness (QED) is 0.411. The molecule has 1 aliphatic rings. The lowest BCUT2D eigenvalue weighted by atomic mass is 9.98. The minimum atomic E-state index is -0.776. The van der Waals surface area contributed by atoms with Gasteiger partial charge < -0.3 is 4.42 Å². The summed E-state index contributed by atoms with van der Waals surface area (Å²) in [6.45, 7) is 1.82. The predicted octanol–water partition coefficient (Wildman–Crippen LogP) is 5.15. The van der Waals surface area contributed by atoms with Crippen LogP contribution in [-0.2, 0) is 0 Å². The van der Waals surface area contributed by atoms with Crippen molar-refractivity contribution >= 4 is 38.6 Å². The lowest BCUT2D eigenvalue weighted by Crippen LogP contribution is -2.30. The summed E-state index contributed by atoms with van der Waals surface area (Å²) >= 11 is 3.37. The van der Waals surface area contributed by atoms with Gasteiger partial charge in [0.15, 0.2) is 5.43 Å². The molecule has 0 saturated heterocycles. The normalized spacial score (nSPS) is 15.6. The number of rotatable bonds is 2. The number of hydrogen-bond acceptors (Lipinski definition) is 4. The van der Waals surface area contributed by atoms with Gasteiger partial charge in [0.25, 0.3) is 5.91 Å². The van der Waals surface area contributed by atoms with Crippen molar-refractivity contribution in [2.75, 3.05) is 4.90 Å². The van der Waals surface area contributed by atoms with Gasteiger partial charge in [0.1, 0.15) is 17.2 Å². The second kappa shape index (κ2) is 6.88. The largest absolute Gasteiger partial charge is 0.450 e. The van der Waals surface area contributed by atoms with E-state index in [1.54, 1.807) is 42.5 Å². The number of hydrogen-bond donors (Lipinski definition) is 0. The summed E-state index contributed by atoms with van der Waals surface area (Å²) in [4.78, 5) is 32.8. The highest BCUT2D eigenvalue weighted by Crippen LogP contribution is 2.40. The Morgan fingerprint density at radius 3 is 2.57 bits per heavy atom. The van der Waals surface area contributed by atoms with Crippen molar-refractivity contribution < 1.29 is 13.6 Å². The van der Waals surface area contributed by atoms with E-state index in [4.69, 9.17) is 4.42 Å². The number of anilines is 1. The molecule has 30 heavy (non-hydrogen) atoms. The van der Waals surface area contributed by atoms with Crippen molar-refractivity contribution in [3.8, 4) is 0 Å². The summed E-state index contributed by atoms with van der Waals surface area (Å²) in [5, 5.41) is 0.363. The molecule has 0 N–H and O–H groups in total. The van der Waals surface area contributed by atoms with Crippen LogP contribution in [0.15, 0.2) is 74.3 Å². The summed E-state index contributed by atoms with van der Waals surface area (Å²) in [5.41, 5.74) is 1.56. The molecule has 4 aromatic rings. The molecule has 3 heterocycles. The molecule has 148 valence electrons. The monoisotopic (exact) mass is 464 g/mol. The van der Waals surface area contributed by atoms with Crippen LogP contribution in [0.1, 0.15) is 33.4 Å².